The standard InChI is InChI=1S/C25H33FN4O2/c1-17-23(18(2)30(28-17)22-10-8-20(26)9-11-22)16-24(31)29-14-12-21(13-15-29)27-25(32)19-6-4-3-5-7-19/h8-11,19,21H,3-7,12-16H2,1-2H3,(H,27,32). The zero-order valence-electron chi connectivity index (χ0n) is 19.1. The molecule has 32 heavy (non-hydrogen) atoms. The maximum absolute atomic E-state index is 13.3. The Morgan fingerprint density at radius 2 is 1.69 bits per heavy atom. The van der Waals surface area contributed by atoms with Crippen LogP contribution >= 0.6 is 0 Å². The fraction of sp³-hybridized carbons (Fsp3) is 0.560. The summed E-state index contributed by atoms with van der Waals surface area (Å²) in [7, 11) is 0. The first-order valence-electron chi connectivity index (χ1n) is 11.8. The molecule has 0 unspecified atom stereocenters. The molecule has 7 heteroatoms. The van der Waals surface area contributed by atoms with Gasteiger partial charge in [-0.2, -0.15) is 5.10 Å². The van der Waals surface area contributed by atoms with Crippen molar-refractivity contribution in [3.05, 3.63) is 47.0 Å². The monoisotopic (exact) mass is 440 g/mol. The highest BCUT2D eigenvalue weighted by Crippen LogP contribution is 2.25. The maximum Gasteiger partial charge on any atom is 0.227 e. The summed E-state index contributed by atoms with van der Waals surface area (Å²) in [5.41, 5.74) is 3.42. The van der Waals surface area contributed by atoms with Gasteiger partial charge in [0.2, 0.25) is 11.8 Å². The Morgan fingerprint density at radius 3 is 2.34 bits per heavy atom. The number of carbonyl (C=O) groups is 2. The summed E-state index contributed by atoms with van der Waals surface area (Å²) in [6.45, 7) is 5.18. The van der Waals surface area contributed by atoms with Gasteiger partial charge in [0.15, 0.2) is 0 Å². The Labute approximate surface area is 189 Å². The van der Waals surface area contributed by atoms with Crippen LogP contribution in [0.5, 0.6) is 0 Å². The highest BCUT2D eigenvalue weighted by atomic mass is 19.1. The van der Waals surface area contributed by atoms with Gasteiger partial charge in [0.25, 0.3) is 0 Å². The van der Waals surface area contributed by atoms with E-state index in [-0.39, 0.29) is 29.6 Å². The van der Waals surface area contributed by atoms with Gasteiger partial charge in [0.1, 0.15) is 5.82 Å². The predicted molar refractivity (Wildman–Crippen MR) is 121 cm³/mol. The Balaban J connectivity index is 1.32. The molecule has 1 aliphatic carbocycles. The summed E-state index contributed by atoms with van der Waals surface area (Å²) >= 11 is 0. The summed E-state index contributed by atoms with van der Waals surface area (Å²) < 4.78 is 15.0. The molecular weight excluding hydrogens is 407 g/mol. The second-order valence-electron chi connectivity index (χ2n) is 9.21. The van der Waals surface area contributed by atoms with Crippen LogP contribution in [0.15, 0.2) is 24.3 Å². The Kier molecular flexibility index (Phi) is 6.92. The predicted octanol–water partition coefficient (Wildman–Crippen LogP) is 3.86. The normalized spacial score (nSPS) is 18.0. The summed E-state index contributed by atoms with van der Waals surface area (Å²) in [6, 6.07) is 6.36. The van der Waals surface area contributed by atoms with Gasteiger partial charge in [0, 0.05) is 36.3 Å². The number of likely N-dealkylation sites (tertiary alicyclic amines) is 1. The summed E-state index contributed by atoms with van der Waals surface area (Å²) in [6.07, 6.45) is 7.47. The van der Waals surface area contributed by atoms with Crippen molar-refractivity contribution in [3.8, 4) is 5.69 Å². The quantitative estimate of drug-likeness (QED) is 0.768. The van der Waals surface area contributed by atoms with Crippen LogP contribution in [0.2, 0.25) is 0 Å². The second-order valence-corrected chi connectivity index (χ2v) is 9.21. The van der Waals surface area contributed by atoms with E-state index in [9.17, 15) is 14.0 Å². The first-order valence-corrected chi connectivity index (χ1v) is 11.8. The van der Waals surface area contributed by atoms with Gasteiger partial charge in [-0.3, -0.25) is 9.59 Å². The number of carbonyl (C=O) groups excluding carboxylic acids is 2. The molecule has 1 aromatic carbocycles. The molecule has 1 aliphatic heterocycles. The number of nitrogens with zero attached hydrogens (tertiary/aromatic N) is 3. The average Bonchev–Trinajstić information content (AvgIpc) is 3.09. The number of aromatic nitrogens is 2. The molecule has 2 amide bonds. The number of piperidine rings is 1. The van der Waals surface area contributed by atoms with Gasteiger partial charge in [-0.15, -0.1) is 0 Å². The van der Waals surface area contributed by atoms with E-state index in [2.05, 4.69) is 10.4 Å². The van der Waals surface area contributed by atoms with Gasteiger partial charge in [0.05, 0.1) is 17.8 Å². The van der Waals surface area contributed by atoms with E-state index in [0.717, 1.165) is 61.2 Å². The van der Waals surface area contributed by atoms with Crippen LogP contribution in [0.25, 0.3) is 5.69 Å². The van der Waals surface area contributed by atoms with Crippen molar-refractivity contribution in [2.75, 3.05) is 13.1 Å². The van der Waals surface area contributed by atoms with E-state index in [1.807, 2.05) is 18.7 Å². The number of nitrogens with one attached hydrogen (secondary N) is 1. The Morgan fingerprint density at radius 1 is 1.03 bits per heavy atom. The molecule has 1 saturated heterocycles. The molecule has 1 saturated carbocycles. The van der Waals surface area contributed by atoms with E-state index in [1.165, 1.54) is 18.6 Å². The number of rotatable bonds is 5. The minimum Gasteiger partial charge on any atom is -0.353 e. The van der Waals surface area contributed by atoms with E-state index in [0.29, 0.717) is 19.5 Å². The van der Waals surface area contributed by atoms with Crippen LogP contribution in [-0.2, 0) is 16.0 Å². The molecular formula is C25H33FN4O2. The lowest BCUT2D eigenvalue weighted by atomic mass is 9.88. The number of benzene rings is 1. The first kappa shape index (κ1) is 22.5. The molecule has 2 aromatic rings. The summed E-state index contributed by atoms with van der Waals surface area (Å²) in [5, 5.41) is 7.80. The number of halogens is 1. The maximum atomic E-state index is 13.3. The Hall–Kier alpha value is -2.70. The van der Waals surface area contributed by atoms with Gasteiger partial charge in [-0.25, -0.2) is 9.07 Å². The average molecular weight is 441 g/mol. The van der Waals surface area contributed by atoms with Crippen LogP contribution in [0.3, 0.4) is 0 Å². The van der Waals surface area contributed by atoms with Crippen molar-refractivity contribution < 1.29 is 14.0 Å². The summed E-state index contributed by atoms with van der Waals surface area (Å²) in [5.74, 6) is 0.178. The molecule has 1 aromatic heterocycles. The van der Waals surface area contributed by atoms with Crippen molar-refractivity contribution in [1.82, 2.24) is 20.0 Å². The van der Waals surface area contributed by atoms with Crippen LogP contribution in [-0.4, -0.2) is 45.6 Å². The van der Waals surface area contributed by atoms with Crippen molar-refractivity contribution in [1.29, 1.82) is 0 Å². The smallest absolute Gasteiger partial charge is 0.227 e. The molecule has 0 spiro atoms. The molecule has 2 fully saturated rings. The molecule has 6 nitrogen and oxygen atoms in total. The second kappa shape index (κ2) is 9.84. The minimum absolute atomic E-state index is 0.0897. The molecule has 0 radical (unpaired) electrons. The molecule has 2 heterocycles. The zero-order valence-corrected chi connectivity index (χ0v) is 19.1. The van der Waals surface area contributed by atoms with Crippen LogP contribution in [0.4, 0.5) is 4.39 Å². The van der Waals surface area contributed by atoms with E-state index in [1.54, 1.807) is 16.8 Å². The lowest BCUT2D eigenvalue weighted by Gasteiger charge is -2.33. The SMILES string of the molecule is Cc1nn(-c2ccc(F)cc2)c(C)c1CC(=O)N1CCC(NC(=O)C2CCCCC2)CC1. The van der Waals surface area contributed by atoms with Gasteiger partial charge in [-0.05, 0) is 63.8 Å². The molecule has 1 N–H and O–H groups in total. The fourth-order valence-electron chi connectivity index (χ4n) is 4.98. The van der Waals surface area contributed by atoms with Crippen molar-refractivity contribution in [2.45, 2.75) is 71.3 Å². The third-order valence-electron chi connectivity index (χ3n) is 7.01. The fourth-order valence-corrected chi connectivity index (χ4v) is 4.98. The zero-order chi connectivity index (χ0) is 22.7. The molecule has 0 bridgehead atoms. The largest absolute Gasteiger partial charge is 0.353 e. The molecule has 0 atom stereocenters. The highest BCUT2D eigenvalue weighted by Gasteiger charge is 2.28. The van der Waals surface area contributed by atoms with Crippen LogP contribution < -0.4 is 5.32 Å². The first-order chi connectivity index (χ1) is 15.4. The topological polar surface area (TPSA) is 67.2 Å². The van der Waals surface area contributed by atoms with E-state index >= 15 is 0 Å². The van der Waals surface area contributed by atoms with E-state index < -0.39 is 0 Å². The Bertz CT molecular complexity index is 955. The van der Waals surface area contributed by atoms with Crippen molar-refractivity contribution in [2.24, 2.45) is 5.92 Å². The van der Waals surface area contributed by atoms with Gasteiger partial charge < -0.3 is 10.2 Å². The van der Waals surface area contributed by atoms with Gasteiger partial charge in [-0.1, -0.05) is 19.3 Å². The number of hydrogen-bond acceptors (Lipinski definition) is 3. The lowest BCUT2D eigenvalue weighted by Crippen LogP contribution is -2.48. The van der Waals surface area contributed by atoms with Gasteiger partial charge >= 0.3 is 0 Å². The summed E-state index contributed by atoms with van der Waals surface area (Å²) in [4.78, 5) is 27.4. The highest BCUT2D eigenvalue weighted by molar-refractivity contribution is 5.80. The third kappa shape index (κ3) is 5.03. The lowest BCUT2D eigenvalue weighted by molar-refractivity contribution is -0.132. The van der Waals surface area contributed by atoms with Crippen molar-refractivity contribution in [3.63, 3.8) is 0 Å². The van der Waals surface area contributed by atoms with Crippen molar-refractivity contribution >= 4 is 11.8 Å². The van der Waals surface area contributed by atoms with E-state index in [4.69, 9.17) is 0 Å². The third-order valence-corrected chi connectivity index (χ3v) is 7.01. The molecule has 4 rings (SSSR count). The number of hydrogen-bond donors (Lipinski definition) is 1. The number of amides is 2. The minimum atomic E-state index is -0.288. The van der Waals surface area contributed by atoms with Crippen LogP contribution in [0, 0.1) is 25.6 Å². The number of aryl methyl sites for hydroxylation is 1. The molecule has 172 valence electrons. The van der Waals surface area contributed by atoms with Crippen LogP contribution in [0.1, 0.15) is 61.9 Å². The molecule has 2 aliphatic rings.